The first kappa shape index (κ1) is 19.4. The molecule has 0 aliphatic carbocycles. The zero-order valence-electron chi connectivity index (χ0n) is 16.0. The van der Waals surface area contributed by atoms with E-state index in [4.69, 9.17) is 0 Å². The van der Waals surface area contributed by atoms with Crippen molar-refractivity contribution in [3.63, 3.8) is 0 Å². The van der Waals surface area contributed by atoms with E-state index in [0.29, 0.717) is 17.2 Å². The summed E-state index contributed by atoms with van der Waals surface area (Å²) in [7, 11) is 3.04. The highest BCUT2D eigenvalue weighted by molar-refractivity contribution is 6.04. The van der Waals surface area contributed by atoms with Gasteiger partial charge in [-0.3, -0.25) is 4.79 Å². The van der Waals surface area contributed by atoms with Crippen molar-refractivity contribution in [1.82, 2.24) is 9.97 Å². The number of hydrogen-bond donors (Lipinski definition) is 1. The molecule has 0 saturated carbocycles. The average Bonchev–Trinajstić information content (AvgIpc) is 2.75. The predicted octanol–water partition coefficient (Wildman–Crippen LogP) is 4.05. The molecule has 2 heterocycles. The smallest absolute Gasteiger partial charge is 0.254 e. The SMILES string of the molecule is CN1C(=O)C(c2c(F)cccc2F)N(C)c2nc(Nc3ccc(N=O)cc3)ncc21. The molecule has 1 aliphatic rings. The molecule has 4 rings (SSSR count). The Morgan fingerprint density at radius 1 is 1.07 bits per heavy atom. The van der Waals surface area contributed by atoms with E-state index < -0.39 is 23.6 Å². The second kappa shape index (κ2) is 7.47. The highest BCUT2D eigenvalue weighted by atomic mass is 19.1. The molecule has 1 N–H and O–H groups in total. The number of amides is 1. The van der Waals surface area contributed by atoms with Gasteiger partial charge in [-0.2, -0.15) is 4.98 Å². The van der Waals surface area contributed by atoms with Crippen molar-refractivity contribution < 1.29 is 13.6 Å². The van der Waals surface area contributed by atoms with Gasteiger partial charge < -0.3 is 15.1 Å². The normalized spacial score (nSPS) is 15.7. The van der Waals surface area contributed by atoms with Crippen molar-refractivity contribution in [3.05, 3.63) is 70.8 Å². The summed E-state index contributed by atoms with van der Waals surface area (Å²) >= 11 is 0. The fourth-order valence-electron chi connectivity index (χ4n) is 3.34. The van der Waals surface area contributed by atoms with E-state index >= 15 is 0 Å². The number of carbonyl (C=O) groups is 1. The molecule has 3 aromatic rings. The summed E-state index contributed by atoms with van der Waals surface area (Å²) in [6.45, 7) is 0. The molecule has 0 saturated heterocycles. The topological polar surface area (TPSA) is 90.8 Å². The van der Waals surface area contributed by atoms with Crippen LogP contribution in [0.1, 0.15) is 11.6 Å². The van der Waals surface area contributed by atoms with Gasteiger partial charge in [0.1, 0.15) is 29.1 Å². The second-order valence-electron chi connectivity index (χ2n) is 6.71. The molecule has 30 heavy (non-hydrogen) atoms. The van der Waals surface area contributed by atoms with Crippen molar-refractivity contribution in [2.45, 2.75) is 6.04 Å². The summed E-state index contributed by atoms with van der Waals surface area (Å²) in [6.07, 6.45) is 1.45. The fourth-order valence-corrected chi connectivity index (χ4v) is 3.34. The zero-order valence-corrected chi connectivity index (χ0v) is 16.0. The number of likely N-dealkylation sites (N-methyl/N-ethyl adjacent to an activating group) is 2. The molecule has 2 aromatic carbocycles. The van der Waals surface area contributed by atoms with Gasteiger partial charge in [0, 0.05) is 19.8 Å². The molecule has 1 unspecified atom stereocenters. The molecule has 0 radical (unpaired) electrons. The number of anilines is 4. The van der Waals surface area contributed by atoms with Crippen LogP contribution in [0.15, 0.2) is 53.8 Å². The predicted molar refractivity (Wildman–Crippen MR) is 108 cm³/mol. The first-order valence-corrected chi connectivity index (χ1v) is 8.92. The lowest BCUT2D eigenvalue weighted by Gasteiger charge is -2.38. The lowest BCUT2D eigenvalue weighted by atomic mass is 10.0. The zero-order chi connectivity index (χ0) is 21.4. The number of fused-ring (bicyclic) bond motifs is 1. The van der Waals surface area contributed by atoms with Crippen LogP contribution < -0.4 is 15.1 Å². The van der Waals surface area contributed by atoms with E-state index in [1.807, 2.05) is 0 Å². The minimum Gasteiger partial charge on any atom is -0.342 e. The van der Waals surface area contributed by atoms with Crippen LogP contribution in [0.25, 0.3) is 0 Å². The van der Waals surface area contributed by atoms with Crippen LogP contribution in [0.5, 0.6) is 0 Å². The summed E-state index contributed by atoms with van der Waals surface area (Å²) in [5.41, 5.74) is 0.956. The van der Waals surface area contributed by atoms with Crippen LogP contribution in [-0.4, -0.2) is 30.0 Å². The Hall–Kier alpha value is -3.95. The number of nitrogens with one attached hydrogen (secondary N) is 1. The number of hydrogen-bond acceptors (Lipinski definition) is 7. The lowest BCUT2D eigenvalue weighted by molar-refractivity contribution is -0.120. The van der Waals surface area contributed by atoms with Crippen LogP contribution in [0.2, 0.25) is 0 Å². The quantitative estimate of drug-likeness (QED) is 0.653. The van der Waals surface area contributed by atoms with Gasteiger partial charge in [0.05, 0.1) is 11.8 Å². The first-order chi connectivity index (χ1) is 14.4. The van der Waals surface area contributed by atoms with Crippen molar-refractivity contribution in [2.24, 2.45) is 5.18 Å². The Bertz CT molecular complexity index is 1120. The van der Waals surface area contributed by atoms with Crippen molar-refractivity contribution in [1.29, 1.82) is 0 Å². The summed E-state index contributed by atoms with van der Waals surface area (Å²) < 4.78 is 28.8. The molecule has 1 amide bonds. The molecule has 152 valence electrons. The van der Waals surface area contributed by atoms with Crippen molar-refractivity contribution >= 4 is 34.7 Å². The Labute approximate surface area is 170 Å². The maximum Gasteiger partial charge on any atom is 0.254 e. The van der Waals surface area contributed by atoms with E-state index in [9.17, 15) is 18.5 Å². The first-order valence-electron chi connectivity index (χ1n) is 8.92. The molecule has 0 spiro atoms. The highest BCUT2D eigenvalue weighted by Gasteiger charge is 2.40. The van der Waals surface area contributed by atoms with Gasteiger partial charge >= 0.3 is 0 Å². The number of nitrogens with zero attached hydrogens (tertiary/aromatic N) is 5. The lowest BCUT2D eigenvalue weighted by Crippen LogP contribution is -2.46. The Morgan fingerprint density at radius 3 is 2.37 bits per heavy atom. The number of aromatic nitrogens is 2. The van der Waals surface area contributed by atoms with Gasteiger partial charge in [-0.1, -0.05) is 6.07 Å². The van der Waals surface area contributed by atoms with Crippen LogP contribution in [0, 0.1) is 16.5 Å². The third-order valence-corrected chi connectivity index (χ3v) is 4.90. The summed E-state index contributed by atoms with van der Waals surface area (Å²) in [6, 6.07) is 8.58. The third-order valence-electron chi connectivity index (χ3n) is 4.90. The number of halogens is 2. The second-order valence-corrected chi connectivity index (χ2v) is 6.71. The number of benzene rings is 2. The summed E-state index contributed by atoms with van der Waals surface area (Å²) in [4.78, 5) is 34.8. The van der Waals surface area contributed by atoms with Crippen LogP contribution in [0.3, 0.4) is 0 Å². The maximum atomic E-state index is 14.4. The van der Waals surface area contributed by atoms with Gasteiger partial charge in [-0.25, -0.2) is 13.8 Å². The molecular formula is C20H16F2N6O2. The van der Waals surface area contributed by atoms with Crippen LogP contribution in [-0.2, 0) is 4.79 Å². The molecule has 10 heteroatoms. The van der Waals surface area contributed by atoms with E-state index in [1.165, 1.54) is 41.2 Å². The van der Waals surface area contributed by atoms with E-state index in [0.717, 1.165) is 12.1 Å². The molecule has 8 nitrogen and oxygen atoms in total. The Kier molecular flexibility index (Phi) is 4.82. The molecule has 1 aromatic heterocycles. The number of rotatable bonds is 4. The minimum absolute atomic E-state index is 0.211. The monoisotopic (exact) mass is 410 g/mol. The molecule has 1 atom stereocenters. The van der Waals surface area contributed by atoms with Gasteiger partial charge in [-0.15, -0.1) is 4.91 Å². The molecular weight excluding hydrogens is 394 g/mol. The standard InChI is InChI=1S/C20H16F2N6O2/c1-27-15-10-23-20(24-11-6-8-12(26-30)9-7-11)25-18(15)28(2)17(19(27)29)16-13(21)4-3-5-14(16)22/h3-10,17H,1-2H3,(H,23,24,25). The van der Waals surface area contributed by atoms with Gasteiger partial charge in [-0.05, 0) is 41.6 Å². The largest absolute Gasteiger partial charge is 0.342 e. The third kappa shape index (κ3) is 3.21. The van der Waals surface area contributed by atoms with Crippen LogP contribution in [0.4, 0.5) is 37.6 Å². The van der Waals surface area contributed by atoms with Gasteiger partial charge in [0.15, 0.2) is 5.82 Å². The Morgan fingerprint density at radius 2 is 1.73 bits per heavy atom. The van der Waals surface area contributed by atoms with Gasteiger partial charge in [0.2, 0.25) is 5.95 Å². The van der Waals surface area contributed by atoms with E-state index in [1.54, 1.807) is 19.2 Å². The molecule has 0 bridgehead atoms. The van der Waals surface area contributed by atoms with Crippen molar-refractivity contribution in [2.75, 3.05) is 29.2 Å². The number of nitroso groups, excluding NO2 is 1. The molecule has 1 aliphatic heterocycles. The maximum absolute atomic E-state index is 14.4. The van der Waals surface area contributed by atoms with Crippen molar-refractivity contribution in [3.8, 4) is 0 Å². The van der Waals surface area contributed by atoms with E-state index in [2.05, 4.69) is 20.5 Å². The van der Waals surface area contributed by atoms with Gasteiger partial charge in [0.25, 0.3) is 5.91 Å². The van der Waals surface area contributed by atoms with Crippen LogP contribution >= 0.6 is 0 Å². The highest BCUT2D eigenvalue weighted by Crippen LogP contribution is 2.40. The fraction of sp³-hybridized carbons (Fsp3) is 0.150. The average molecular weight is 410 g/mol. The van der Waals surface area contributed by atoms with E-state index in [-0.39, 0.29) is 17.2 Å². The summed E-state index contributed by atoms with van der Waals surface area (Å²) in [5.74, 6) is -1.59. The number of carbonyl (C=O) groups excluding carboxylic acids is 1. The molecule has 0 fully saturated rings. The summed E-state index contributed by atoms with van der Waals surface area (Å²) in [5, 5.41) is 5.82. The Balaban J connectivity index is 1.73. The minimum atomic E-state index is -1.22.